The van der Waals surface area contributed by atoms with Gasteiger partial charge in [0.25, 0.3) is 0 Å². The van der Waals surface area contributed by atoms with Crippen molar-refractivity contribution in [2.75, 3.05) is 25.2 Å². The number of morpholine rings is 1. The van der Waals surface area contributed by atoms with Crippen LogP contribution in [0.25, 0.3) is 0 Å². The molecule has 3 atom stereocenters. The topological polar surface area (TPSA) is 60.3 Å². The molecule has 8 heteroatoms. The second-order valence-corrected chi connectivity index (χ2v) is 11.4. The summed E-state index contributed by atoms with van der Waals surface area (Å²) in [4.78, 5) is 7.34. The number of rotatable bonds is 6. The Kier molecular flexibility index (Phi) is 7.62. The van der Waals surface area contributed by atoms with E-state index in [0.29, 0.717) is 30.4 Å². The Balaban J connectivity index is 1.44. The van der Waals surface area contributed by atoms with Gasteiger partial charge in [0.2, 0.25) is 0 Å². The van der Waals surface area contributed by atoms with Gasteiger partial charge in [-0.3, -0.25) is 13.8 Å². The second-order valence-electron chi connectivity index (χ2n) is 9.02. The van der Waals surface area contributed by atoms with Crippen LogP contribution in [0.2, 0.25) is 0 Å². The molecule has 3 unspecified atom stereocenters. The van der Waals surface area contributed by atoms with Crippen LogP contribution < -0.4 is 0 Å². The molecule has 2 heterocycles. The summed E-state index contributed by atoms with van der Waals surface area (Å²) in [7, 11) is 1.13. The maximum atomic E-state index is 11.8. The molecule has 0 amide bonds. The zero-order valence-electron chi connectivity index (χ0n) is 18.7. The Labute approximate surface area is 196 Å². The highest BCUT2D eigenvalue weighted by atomic mass is 79.9. The summed E-state index contributed by atoms with van der Waals surface area (Å²) in [5.74, 6) is 3.07. The van der Waals surface area contributed by atoms with Gasteiger partial charge in [-0.2, -0.15) is 5.10 Å². The molecule has 0 radical (unpaired) electrons. The summed E-state index contributed by atoms with van der Waals surface area (Å²) in [6.45, 7) is 3.59. The molecular formula is C23H33BrN4O2S. The lowest BCUT2D eigenvalue weighted by atomic mass is 9.83. The van der Waals surface area contributed by atoms with Gasteiger partial charge in [0.15, 0.2) is 5.82 Å². The van der Waals surface area contributed by atoms with E-state index in [0.717, 1.165) is 54.8 Å². The van der Waals surface area contributed by atoms with Crippen molar-refractivity contribution in [2.24, 2.45) is 7.05 Å². The van der Waals surface area contributed by atoms with E-state index in [4.69, 9.17) is 4.74 Å². The molecule has 1 aliphatic carbocycles. The van der Waals surface area contributed by atoms with Crippen LogP contribution >= 0.6 is 15.9 Å². The summed E-state index contributed by atoms with van der Waals surface area (Å²) in [5, 5.41) is 4.63. The van der Waals surface area contributed by atoms with Crippen molar-refractivity contribution in [2.45, 2.75) is 63.1 Å². The molecular weight excluding hydrogens is 476 g/mol. The lowest BCUT2D eigenvalue weighted by molar-refractivity contribution is -0.0754. The summed E-state index contributed by atoms with van der Waals surface area (Å²) >= 11 is 3.53. The van der Waals surface area contributed by atoms with E-state index in [9.17, 15) is 4.21 Å². The molecule has 2 aromatic rings. The van der Waals surface area contributed by atoms with Gasteiger partial charge in [-0.05, 0) is 56.7 Å². The minimum absolute atomic E-state index is 0.0600. The number of aryl methyl sites for hydroxylation is 2. The first kappa shape index (κ1) is 23.1. The number of ether oxygens (including phenoxy) is 1. The number of benzene rings is 1. The number of aromatic nitrogens is 3. The molecule has 1 saturated heterocycles. The van der Waals surface area contributed by atoms with Crippen LogP contribution in [0.4, 0.5) is 0 Å². The fourth-order valence-electron chi connectivity index (χ4n) is 4.98. The first-order valence-electron chi connectivity index (χ1n) is 11.2. The fraction of sp³-hybridized carbons (Fsp3) is 0.652. The number of halogens is 1. The van der Waals surface area contributed by atoms with E-state index in [-0.39, 0.29) is 6.10 Å². The Morgan fingerprint density at radius 3 is 2.52 bits per heavy atom. The summed E-state index contributed by atoms with van der Waals surface area (Å²) in [6.07, 6.45) is 7.37. The highest BCUT2D eigenvalue weighted by Crippen LogP contribution is 2.35. The van der Waals surface area contributed by atoms with Crippen LogP contribution in [-0.2, 0) is 29.0 Å². The Morgan fingerprint density at radius 2 is 1.90 bits per heavy atom. The van der Waals surface area contributed by atoms with Crippen molar-refractivity contribution >= 4 is 26.7 Å². The Morgan fingerprint density at radius 1 is 1.19 bits per heavy atom. The first-order valence-corrected chi connectivity index (χ1v) is 13.7. The van der Waals surface area contributed by atoms with Gasteiger partial charge in [0, 0.05) is 53.1 Å². The zero-order valence-corrected chi connectivity index (χ0v) is 21.1. The minimum atomic E-state index is -0.841. The Bertz CT molecular complexity index is 876. The maximum absolute atomic E-state index is 11.8. The number of nitrogens with zero attached hydrogens (tertiary/aromatic N) is 4. The van der Waals surface area contributed by atoms with E-state index < -0.39 is 10.8 Å². The van der Waals surface area contributed by atoms with Crippen molar-refractivity contribution < 1.29 is 8.95 Å². The molecule has 0 N–H and O–H groups in total. The molecule has 4 rings (SSSR count). The largest absolute Gasteiger partial charge is 0.374 e. The standard InChI is InChI=1S/C23H33BrN4O2S/c1-16-25-23(26-27(16)2)18-6-10-20(11-7-18)28-13-22(15-31(3)29)30-14-21(28)12-17-4-8-19(24)9-5-17/h4-5,8-9,18,20-22H,6-7,10-15H2,1-3H3. The molecule has 170 valence electrons. The molecule has 0 bridgehead atoms. The van der Waals surface area contributed by atoms with Crippen LogP contribution in [0, 0.1) is 6.92 Å². The summed E-state index contributed by atoms with van der Waals surface area (Å²) < 4.78 is 21.0. The summed E-state index contributed by atoms with van der Waals surface area (Å²) in [5.41, 5.74) is 1.33. The van der Waals surface area contributed by atoms with Gasteiger partial charge < -0.3 is 4.74 Å². The first-order chi connectivity index (χ1) is 14.9. The van der Waals surface area contributed by atoms with Crippen molar-refractivity contribution in [3.8, 4) is 0 Å². The van der Waals surface area contributed by atoms with Crippen molar-refractivity contribution in [3.63, 3.8) is 0 Å². The average molecular weight is 510 g/mol. The molecule has 2 aliphatic rings. The predicted molar refractivity (Wildman–Crippen MR) is 128 cm³/mol. The smallest absolute Gasteiger partial charge is 0.153 e. The van der Waals surface area contributed by atoms with Crippen LogP contribution in [0.15, 0.2) is 28.7 Å². The molecule has 1 aromatic carbocycles. The van der Waals surface area contributed by atoms with Crippen LogP contribution in [0.5, 0.6) is 0 Å². The van der Waals surface area contributed by atoms with Crippen molar-refractivity contribution in [1.82, 2.24) is 19.7 Å². The molecule has 0 spiro atoms. The van der Waals surface area contributed by atoms with Gasteiger partial charge in [-0.25, -0.2) is 4.98 Å². The van der Waals surface area contributed by atoms with E-state index >= 15 is 0 Å². The quantitative estimate of drug-likeness (QED) is 0.596. The average Bonchev–Trinajstić information content (AvgIpc) is 3.09. The van der Waals surface area contributed by atoms with Crippen LogP contribution in [0.1, 0.15) is 48.8 Å². The molecule has 1 aromatic heterocycles. The van der Waals surface area contributed by atoms with Crippen LogP contribution in [-0.4, -0.2) is 67.2 Å². The van der Waals surface area contributed by atoms with Gasteiger partial charge in [0.05, 0.1) is 18.5 Å². The van der Waals surface area contributed by atoms with Gasteiger partial charge in [0.1, 0.15) is 5.82 Å². The lowest BCUT2D eigenvalue weighted by Gasteiger charge is -2.46. The summed E-state index contributed by atoms with van der Waals surface area (Å²) in [6, 6.07) is 9.51. The molecule has 1 aliphatic heterocycles. The molecule has 1 saturated carbocycles. The fourth-order valence-corrected chi connectivity index (χ4v) is 5.97. The molecule has 2 fully saturated rings. The highest BCUT2D eigenvalue weighted by Gasteiger charge is 2.36. The lowest BCUT2D eigenvalue weighted by Crippen LogP contribution is -2.56. The Hall–Kier alpha value is -1.09. The van der Waals surface area contributed by atoms with Crippen molar-refractivity contribution in [3.05, 3.63) is 46.0 Å². The third kappa shape index (κ3) is 5.83. The number of hydrogen-bond donors (Lipinski definition) is 0. The second kappa shape index (κ2) is 10.2. The zero-order chi connectivity index (χ0) is 22.0. The van der Waals surface area contributed by atoms with E-state index in [1.54, 1.807) is 6.26 Å². The van der Waals surface area contributed by atoms with Crippen LogP contribution in [0.3, 0.4) is 0 Å². The van der Waals surface area contributed by atoms with E-state index in [1.807, 2.05) is 18.7 Å². The number of hydrogen-bond acceptors (Lipinski definition) is 5. The minimum Gasteiger partial charge on any atom is -0.374 e. The van der Waals surface area contributed by atoms with Gasteiger partial charge in [-0.15, -0.1) is 0 Å². The SMILES string of the molecule is Cc1nc(C2CCC(N3CC(CS(C)=O)OCC3Cc3ccc(Br)cc3)CC2)nn1C. The third-order valence-electron chi connectivity index (χ3n) is 6.74. The monoisotopic (exact) mass is 508 g/mol. The van der Waals surface area contributed by atoms with Crippen molar-refractivity contribution in [1.29, 1.82) is 0 Å². The normalized spacial score (nSPS) is 28.5. The molecule has 6 nitrogen and oxygen atoms in total. The molecule has 31 heavy (non-hydrogen) atoms. The third-order valence-corrected chi connectivity index (χ3v) is 8.11. The van der Waals surface area contributed by atoms with E-state index in [2.05, 4.69) is 55.2 Å². The maximum Gasteiger partial charge on any atom is 0.153 e. The van der Waals surface area contributed by atoms with Gasteiger partial charge in [-0.1, -0.05) is 28.1 Å². The van der Waals surface area contributed by atoms with Gasteiger partial charge >= 0.3 is 0 Å². The highest BCUT2D eigenvalue weighted by molar-refractivity contribution is 9.10. The van der Waals surface area contributed by atoms with E-state index in [1.165, 1.54) is 5.56 Å². The predicted octanol–water partition coefficient (Wildman–Crippen LogP) is 3.60.